The molecule has 0 saturated heterocycles. The Bertz CT molecular complexity index is 5960. The third-order valence-electron chi connectivity index (χ3n) is 19.8. The van der Waals surface area contributed by atoms with Crippen molar-refractivity contribution in [1.29, 1.82) is 0 Å². The molecule has 19 rings (SSSR count). The van der Waals surface area contributed by atoms with Crippen molar-refractivity contribution in [2.24, 2.45) is 0 Å². The largest absolute Gasteiger partial charge is 0.311 e. The third-order valence-corrected chi connectivity index (χ3v) is 19.8. The Kier molecular flexibility index (Phi) is 19.6. The number of hydrogen-bond acceptors (Lipinski definition) is 1. The number of aromatic nitrogens is 3. The smallest absolute Gasteiger partial charge is 0.0541 e. The summed E-state index contributed by atoms with van der Waals surface area (Å²) in [5.41, 5.74) is 29.6. The van der Waals surface area contributed by atoms with Crippen LogP contribution in [-0.4, -0.2) is 13.7 Å². The second kappa shape index (κ2) is 30.5. The maximum Gasteiger partial charge on any atom is 0.0541 e. The van der Waals surface area contributed by atoms with Crippen LogP contribution < -0.4 is 4.90 Å². The molecule has 0 radical (unpaired) electrons. The highest BCUT2D eigenvalue weighted by atomic mass is 15.1. The van der Waals surface area contributed by atoms with Gasteiger partial charge in [-0.25, -0.2) is 0 Å². The van der Waals surface area contributed by atoms with E-state index in [0.717, 1.165) is 17.1 Å². The van der Waals surface area contributed by atoms with Gasteiger partial charge in [-0.1, -0.05) is 310 Å². The van der Waals surface area contributed by atoms with Gasteiger partial charge in [-0.05, 0) is 193 Å². The molecule has 0 aliphatic heterocycles. The zero-order valence-corrected chi connectivity index (χ0v) is 58.9. The molecular weight excluding hydrogens is 1270 g/mol. The predicted molar refractivity (Wildman–Crippen MR) is 451 cm³/mol. The minimum absolute atomic E-state index is 0. The summed E-state index contributed by atoms with van der Waals surface area (Å²) in [7, 11) is 0. The van der Waals surface area contributed by atoms with Gasteiger partial charge in [0, 0.05) is 66.4 Å². The van der Waals surface area contributed by atoms with Gasteiger partial charge in [0.1, 0.15) is 0 Å². The Morgan fingerprint density at radius 1 is 0.190 bits per heavy atom. The number of aryl methyl sites for hydroxylation is 4. The first-order chi connectivity index (χ1) is 51.3. The summed E-state index contributed by atoms with van der Waals surface area (Å²) in [5.74, 6) is 0. The van der Waals surface area contributed by atoms with E-state index < -0.39 is 0 Å². The third kappa shape index (κ3) is 14.0. The van der Waals surface area contributed by atoms with Crippen molar-refractivity contribution in [1.82, 2.24) is 13.7 Å². The molecule has 16 aromatic carbocycles. The van der Waals surface area contributed by atoms with E-state index in [-0.39, 0.29) is 7.43 Å². The van der Waals surface area contributed by atoms with Crippen LogP contribution in [0.1, 0.15) is 29.7 Å². The highest BCUT2D eigenvalue weighted by Gasteiger charge is 2.18. The molecule has 4 nitrogen and oxygen atoms in total. The molecule has 0 spiro atoms. The van der Waals surface area contributed by atoms with Crippen LogP contribution in [0.4, 0.5) is 17.1 Å². The lowest BCUT2D eigenvalue weighted by molar-refractivity contribution is 1.15. The van der Waals surface area contributed by atoms with Crippen LogP contribution in [0.3, 0.4) is 0 Å². The van der Waals surface area contributed by atoms with Crippen molar-refractivity contribution < 1.29 is 0 Å². The second-order valence-electron chi connectivity index (χ2n) is 26.7. The minimum atomic E-state index is 0. The molecule has 506 valence electrons. The zero-order chi connectivity index (χ0) is 70.3. The standard InChI is InChI=1S/C37H29N.C25H19N.2C19H15N.CH4/c1-28-12-14-31(15-13-28)34-20-26-37(27-21-34)38(35-22-16-32(17-23-35)29-8-4-2-5-9-29)36-24-18-33(19-25-36)30-10-6-3-7-11-30;1-18-11-13-19(14-12-18)20-15-16-25-23(17-20)22-9-5-6-10-24(22)26(25)21-7-3-2-4-8-21;1-14-8-2-5-11-17(14)20-18-12-6-3-9-15(18)16-10-4-7-13-19(16)20;1-14-7-6-8-15(13-14)20-18-11-4-2-9-16(18)17-10-3-5-12-19(17)20;/h2-27H,1H3;2-17H,1H3;2*2-13H,1H3;1H4. The summed E-state index contributed by atoms with van der Waals surface area (Å²) in [6.45, 7) is 8.55. The van der Waals surface area contributed by atoms with Crippen molar-refractivity contribution in [3.8, 4) is 61.6 Å². The summed E-state index contributed by atoms with van der Waals surface area (Å²) in [4.78, 5) is 2.32. The zero-order valence-electron chi connectivity index (χ0n) is 58.9. The van der Waals surface area contributed by atoms with Gasteiger partial charge in [0.25, 0.3) is 0 Å². The number of para-hydroxylation sites is 7. The fourth-order valence-electron chi connectivity index (χ4n) is 14.6. The van der Waals surface area contributed by atoms with Gasteiger partial charge in [-0.15, -0.1) is 0 Å². The van der Waals surface area contributed by atoms with Gasteiger partial charge >= 0.3 is 0 Å². The van der Waals surface area contributed by atoms with Gasteiger partial charge in [0.15, 0.2) is 0 Å². The van der Waals surface area contributed by atoms with Crippen molar-refractivity contribution in [3.05, 3.63) is 423 Å². The van der Waals surface area contributed by atoms with E-state index in [9.17, 15) is 0 Å². The van der Waals surface area contributed by atoms with Crippen molar-refractivity contribution in [2.45, 2.75) is 35.1 Å². The van der Waals surface area contributed by atoms with E-state index in [1.807, 2.05) is 0 Å². The van der Waals surface area contributed by atoms with Crippen molar-refractivity contribution in [3.63, 3.8) is 0 Å². The summed E-state index contributed by atoms with van der Waals surface area (Å²) in [6.07, 6.45) is 0. The van der Waals surface area contributed by atoms with Crippen LogP contribution in [0.5, 0.6) is 0 Å². The van der Waals surface area contributed by atoms with Gasteiger partial charge < -0.3 is 18.6 Å². The van der Waals surface area contributed by atoms with Crippen LogP contribution >= 0.6 is 0 Å². The van der Waals surface area contributed by atoms with Gasteiger partial charge in [0.2, 0.25) is 0 Å². The molecule has 3 aromatic heterocycles. The fourth-order valence-corrected chi connectivity index (χ4v) is 14.6. The SMILES string of the molecule is C.Cc1ccc(-c2ccc(N(c3ccc(-c4ccccc4)cc3)c3ccc(-c4ccccc4)cc3)cc2)cc1.Cc1ccc(-c2ccc3c(c2)c2ccccc2n3-c2ccccc2)cc1.Cc1cccc(-n2c3ccccc3c3ccccc32)c1.Cc1ccccc1-n1c2ccccc2c2ccccc21. The summed E-state index contributed by atoms with van der Waals surface area (Å²) >= 11 is 0. The lowest BCUT2D eigenvalue weighted by atomic mass is 10.0. The average Bonchev–Trinajstić information content (AvgIpc) is 1.60. The second-order valence-corrected chi connectivity index (χ2v) is 26.7. The highest BCUT2D eigenvalue weighted by molar-refractivity contribution is 6.12. The molecule has 105 heavy (non-hydrogen) atoms. The minimum Gasteiger partial charge on any atom is -0.311 e. The van der Waals surface area contributed by atoms with Crippen LogP contribution in [0.25, 0.3) is 127 Å². The molecule has 3 heterocycles. The number of rotatable bonds is 10. The topological polar surface area (TPSA) is 18.0 Å². The average molecular weight is 1350 g/mol. The molecule has 0 atom stereocenters. The molecule has 0 amide bonds. The van der Waals surface area contributed by atoms with E-state index in [0.29, 0.717) is 0 Å². The van der Waals surface area contributed by atoms with E-state index >= 15 is 0 Å². The van der Waals surface area contributed by atoms with Gasteiger partial charge in [0.05, 0.1) is 33.1 Å². The van der Waals surface area contributed by atoms with Crippen LogP contribution in [0.15, 0.2) is 400 Å². The van der Waals surface area contributed by atoms with Crippen LogP contribution in [0.2, 0.25) is 0 Å². The number of anilines is 3. The Labute approximate surface area is 616 Å². The molecule has 0 bridgehead atoms. The molecule has 0 N–H and O–H groups in total. The van der Waals surface area contributed by atoms with E-state index in [2.05, 4.69) is 447 Å². The fraction of sp³-hybridized carbons (Fsp3) is 0.0495. The van der Waals surface area contributed by atoms with Crippen LogP contribution in [0, 0.1) is 27.7 Å². The van der Waals surface area contributed by atoms with E-state index in [1.165, 1.54) is 149 Å². The summed E-state index contributed by atoms with van der Waals surface area (Å²) < 4.78 is 7.06. The molecule has 0 saturated carbocycles. The quantitative estimate of drug-likeness (QED) is 0.133. The Morgan fingerprint density at radius 2 is 0.486 bits per heavy atom. The predicted octanol–water partition coefficient (Wildman–Crippen LogP) is 28.0. The molecule has 0 unspecified atom stereocenters. The maximum absolute atomic E-state index is 2.36. The maximum atomic E-state index is 2.36. The highest BCUT2D eigenvalue weighted by Crippen LogP contribution is 2.40. The van der Waals surface area contributed by atoms with Gasteiger partial charge in [-0.3, -0.25) is 0 Å². The molecular formula is C101H82N4. The van der Waals surface area contributed by atoms with Crippen LogP contribution in [-0.2, 0) is 0 Å². The number of nitrogens with zero attached hydrogens (tertiary/aromatic N) is 4. The Balaban J connectivity index is 0.000000116. The van der Waals surface area contributed by atoms with Crippen molar-refractivity contribution >= 4 is 82.5 Å². The van der Waals surface area contributed by atoms with E-state index in [1.54, 1.807) is 0 Å². The first kappa shape index (κ1) is 67.5. The first-order valence-electron chi connectivity index (χ1n) is 35.8. The number of hydrogen-bond donors (Lipinski definition) is 0. The number of fused-ring (bicyclic) bond motifs is 9. The Morgan fingerprint density at radius 3 is 0.895 bits per heavy atom. The summed E-state index contributed by atoms with van der Waals surface area (Å²) in [5, 5.41) is 7.83. The summed E-state index contributed by atoms with van der Waals surface area (Å²) in [6, 6.07) is 143. The van der Waals surface area contributed by atoms with E-state index in [4.69, 9.17) is 0 Å². The van der Waals surface area contributed by atoms with Crippen molar-refractivity contribution in [2.75, 3.05) is 4.90 Å². The monoisotopic (exact) mass is 1350 g/mol. The lowest BCUT2D eigenvalue weighted by Gasteiger charge is -2.26. The number of benzene rings is 16. The Hall–Kier alpha value is -13.3. The van der Waals surface area contributed by atoms with Gasteiger partial charge in [-0.2, -0.15) is 0 Å². The molecule has 0 fully saturated rings. The lowest BCUT2D eigenvalue weighted by Crippen LogP contribution is -2.09. The molecule has 0 aliphatic rings. The molecule has 0 aliphatic carbocycles. The molecule has 19 aromatic rings. The molecule has 4 heteroatoms. The normalized spacial score (nSPS) is 11.0. The first-order valence-corrected chi connectivity index (χ1v) is 35.8.